The molecule has 9 rings (SSSR count). The number of ether oxygens (including phenoxy) is 1. The summed E-state index contributed by atoms with van der Waals surface area (Å²) in [5, 5.41) is 2.31. The Bertz CT molecular complexity index is 2160. The van der Waals surface area contributed by atoms with Crippen molar-refractivity contribution < 1.29 is 9.53 Å². The highest BCUT2D eigenvalue weighted by Gasteiger charge is 2.38. The fourth-order valence-electron chi connectivity index (χ4n) is 8.37. The van der Waals surface area contributed by atoms with Gasteiger partial charge in [0.25, 0.3) is 0 Å². The van der Waals surface area contributed by atoms with E-state index in [0.29, 0.717) is 11.1 Å². The molecule has 0 unspecified atom stereocenters. The zero-order chi connectivity index (χ0) is 34.9. The lowest BCUT2D eigenvalue weighted by molar-refractivity contribution is 0.103. The first kappa shape index (κ1) is 32.3. The first-order chi connectivity index (χ1) is 25.6. The molecule has 3 aliphatic heterocycles. The van der Waals surface area contributed by atoms with Crippen molar-refractivity contribution in [3.8, 4) is 16.9 Å². The van der Waals surface area contributed by atoms with Crippen molar-refractivity contribution in [2.24, 2.45) is 0 Å². The van der Waals surface area contributed by atoms with Crippen molar-refractivity contribution in [1.29, 1.82) is 0 Å². The molecule has 52 heavy (non-hydrogen) atoms. The number of piperidine rings is 2. The highest BCUT2D eigenvalue weighted by atomic mass is 16.5. The number of hydrogen-bond acceptors (Lipinski definition) is 4. The van der Waals surface area contributed by atoms with E-state index in [1.807, 2.05) is 54.6 Å². The Morgan fingerprint density at radius 1 is 0.538 bits per heavy atom. The highest BCUT2D eigenvalue weighted by Crippen LogP contribution is 2.45. The Balaban J connectivity index is 1.04. The topological polar surface area (TPSA) is 32.8 Å². The molecule has 6 aromatic carbocycles. The molecule has 0 N–H and O–H groups in total. The molecule has 0 bridgehead atoms. The van der Waals surface area contributed by atoms with Crippen LogP contribution in [0.2, 0.25) is 0 Å². The van der Waals surface area contributed by atoms with Crippen LogP contribution in [-0.4, -0.2) is 32.0 Å². The predicted octanol–water partition coefficient (Wildman–Crippen LogP) is 11.1. The highest BCUT2D eigenvalue weighted by molar-refractivity contribution is 6.09. The second-order valence-corrected chi connectivity index (χ2v) is 14.5. The van der Waals surface area contributed by atoms with E-state index in [2.05, 4.69) is 101 Å². The number of fused-ring (bicyclic) bond motifs is 3. The molecule has 4 nitrogen and oxygen atoms in total. The number of carbonyl (C=O) groups excluding carboxylic acids is 1. The van der Waals surface area contributed by atoms with Crippen molar-refractivity contribution in [1.82, 2.24) is 0 Å². The maximum absolute atomic E-state index is 13.0. The lowest BCUT2D eigenvalue weighted by Crippen LogP contribution is -2.35. The Hall–Kier alpha value is -5.61. The maximum atomic E-state index is 13.0. The Morgan fingerprint density at radius 2 is 1.10 bits per heavy atom. The van der Waals surface area contributed by atoms with E-state index < -0.39 is 5.60 Å². The molecule has 2 saturated heterocycles. The van der Waals surface area contributed by atoms with E-state index in [0.717, 1.165) is 70.5 Å². The minimum atomic E-state index is -0.750. The van der Waals surface area contributed by atoms with Crippen LogP contribution in [0.5, 0.6) is 5.75 Å². The molecule has 0 aliphatic carbocycles. The zero-order valence-electron chi connectivity index (χ0n) is 29.6. The molecule has 0 spiro atoms. The SMILES string of the molecule is O=C(c1ccccc1)c1ccc(-c2ccc3c4c(ccc3c2)OC(c2ccc(N3CCCCC3)cc2)(c2ccc(N3CCCCC3)cc2)C=C4)cc1. The summed E-state index contributed by atoms with van der Waals surface area (Å²) in [5.41, 5.74) is 8.78. The average Bonchev–Trinajstić information content (AvgIpc) is 3.24. The van der Waals surface area contributed by atoms with Gasteiger partial charge >= 0.3 is 0 Å². The van der Waals surface area contributed by atoms with E-state index in [4.69, 9.17) is 4.74 Å². The minimum Gasteiger partial charge on any atom is -0.473 e. The van der Waals surface area contributed by atoms with E-state index in [1.165, 1.54) is 49.9 Å². The molecule has 2 fully saturated rings. The molecule has 0 amide bonds. The van der Waals surface area contributed by atoms with Gasteiger partial charge in [-0.15, -0.1) is 0 Å². The Morgan fingerprint density at radius 3 is 1.69 bits per heavy atom. The second-order valence-electron chi connectivity index (χ2n) is 14.5. The largest absolute Gasteiger partial charge is 0.473 e. The smallest absolute Gasteiger partial charge is 0.193 e. The van der Waals surface area contributed by atoms with Gasteiger partial charge in [-0.05, 0) is 109 Å². The third kappa shape index (κ3) is 6.06. The number of benzene rings is 6. The van der Waals surface area contributed by atoms with Crippen LogP contribution in [0.15, 0.2) is 140 Å². The van der Waals surface area contributed by atoms with Gasteiger partial charge in [-0.25, -0.2) is 0 Å². The summed E-state index contributed by atoms with van der Waals surface area (Å²) in [7, 11) is 0. The van der Waals surface area contributed by atoms with Crippen LogP contribution in [0.1, 0.15) is 71.1 Å². The van der Waals surface area contributed by atoms with Gasteiger partial charge in [-0.1, -0.05) is 97.1 Å². The van der Waals surface area contributed by atoms with Crippen molar-refractivity contribution in [2.45, 2.75) is 44.1 Å². The summed E-state index contributed by atoms with van der Waals surface area (Å²) in [5.74, 6) is 0.919. The van der Waals surface area contributed by atoms with Gasteiger partial charge in [0.2, 0.25) is 0 Å². The molecule has 0 aromatic heterocycles. The third-order valence-electron chi connectivity index (χ3n) is 11.3. The number of carbonyl (C=O) groups is 1. The molecule has 0 saturated carbocycles. The molecular weight excluding hydrogens is 637 g/mol. The third-order valence-corrected chi connectivity index (χ3v) is 11.3. The summed E-state index contributed by atoms with van der Waals surface area (Å²) in [6, 6.07) is 46.5. The van der Waals surface area contributed by atoms with Gasteiger partial charge in [0, 0.05) is 65.4 Å². The zero-order valence-corrected chi connectivity index (χ0v) is 29.6. The summed E-state index contributed by atoms with van der Waals surface area (Å²) >= 11 is 0. The fraction of sp³-hybridized carbons (Fsp3) is 0.229. The molecule has 0 atom stereocenters. The molecule has 6 aromatic rings. The van der Waals surface area contributed by atoms with Crippen LogP contribution >= 0.6 is 0 Å². The first-order valence-electron chi connectivity index (χ1n) is 19.0. The van der Waals surface area contributed by atoms with Crippen molar-refractivity contribution >= 4 is 34.0 Å². The van der Waals surface area contributed by atoms with Crippen molar-refractivity contribution in [3.63, 3.8) is 0 Å². The van der Waals surface area contributed by atoms with Gasteiger partial charge in [0.1, 0.15) is 5.75 Å². The molecule has 0 radical (unpaired) electrons. The maximum Gasteiger partial charge on any atom is 0.193 e. The Kier molecular flexibility index (Phi) is 8.60. The summed E-state index contributed by atoms with van der Waals surface area (Å²) < 4.78 is 7.21. The number of ketones is 1. The normalized spacial score (nSPS) is 16.7. The van der Waals surface area contributed by atoms with Crippen LogP contribution in [-0.2, 0) is 5.60 Å². The molecule has 3 heterocycles. The number of hydrogen-bond donors (Lipinski definition) is 0. The van der Waals surface area contributed by atoms with Crippen LogP contribution in [0.4, 0.5) is 11.4 Å². The van der Waals surface area contributed by atoms with Gasteiger partial charge in [0.05, 0.1) is 0 Å². The van der Waals surface area contributed by atoms with Gasteiger partial charge in [-0.3, -0.25) is 4.79 Å². The standard InChI is InChI=1S/C48H44N2O2/c51-47(36-10-4-1-5-11-36)37-14-12-35(13-15-37)38-16-26-44-39(34-38)17-27-46-45(44)28-29-48(52-46,40-18-22-42(23-19-40)49-30-6-2-7-31-49)41-20-24-43(25-21-41)50-32-8-3-9-33-50/h1,4-5,10-29,34H,2-3,6-9,30-33H2. The number of rotatable bonds is 7. The van der Waals surface area contributed by atoms with Crippen LogP contribution in [0.25, 0.3) is 28.0 Å². The quantitative estimate of drug-likeness (QED) is 0.157. The van der Waals surface area contributed by atoms with Crippen molar-refractivity contribution in [2.75, 3.05) is 36.0 Å². The van der Waals surface area contributed by atoms with E-state index in [9.17, 15) is 4.79 Å². The minimum absolute atomic E-state index is 0.0380. The fourth-order valence-corrected chi connectivity index (χ4v) is 8.37. The van der Waals surface area contributed by atoms with Crippen LogP contribution < -0.4 is 14.5 Å². The summed E-state index contributed by atoms with van der Waals surface area (Å²) in [4.78, 5) is 18.0. The van der Waals surface area contributed by atoms with Crippen molar-refractivity contribution in [3.05, 3.63) is 167 Å². The van der Waals surface area contributed by atoms with E-state index in [-0.39, 0.29) is 5.78 Å². The monoisotopic (exact) mass is 680 g/mol. The Labute approximate surface area is 307 Å². The average molecular weight is 681 g/mol. The van der Waals surface area contributed by atoms with Gasteiger partial charge in [0.15, 0.2) is 11.4 Å². The molecule has 4 heteroatoms. The lowest BCUT2D eigenvalue weighted by Gasteiger charge is -2.37. The van der Waals surface area contributed by atoms with E-state index in [1.54, 1.807) is 0 Å². The summed E-state index contributed by atoms with van der Waals surface area (Å²) in [6.07, 6.45) is 12.2. The first-order valence-corrected chi connectivity index (χ1v) is 19.0. The second kappa shape index (κ2) is 13.8. The molecule has 3 aliphatic rings. The number of nitrogens with zero attached hydrogens (tertiary/aromatic N) is 2. The van der Waals surface area contributed by atoms with Gasteiger partial charge in [-0.2, -0.15) is 0 Å². The van der Waals surface area contributed by atoms with Crippen LogP contribution in [0.3, 0.4) is 0 Å². The molecular formula is C48H44N2O2. The number of anilines is 2. The van der Waals surface area contributed by atoms with Crippen LogP contribution in [0, 0.1) is 0 Å². The van der Waals surface area contributed by atoms with Gasteiger partial charge < -0.3 is 14.5 Å². The lowest BCUT2D eigenvalue weighted by atomic mass is 9.82. The molecule has 258 valence electrons. The van der Waals surface area contributed by atoms with E-state index >= 15 is 0 Å². The predicted molar refractivity (Wildman–Crippen MR) is 215 cm³/mol. The summed E-state index contributed by atoms with van der Waals surface area (Å²) in [6.45, 7) is 4.50.